The van der Waals surface area contributed by atoms with Crippen LogP contribution in [0.5, 0.6) is 0 Å². The highest BCUT2D eigenvalue weighted by molar-refractivity contribution is 6.30. The highest BCUT2D eigenvalue weighted by Gasteiger charge is 2.37. The van der Waals surface area contributed by atoms with Crippen molar-refractivity contribution < 1.29 is 9.90 Å². The van der Waals surface area contributed by atoms with Crippen molar-refractivity contribution in [3.63, 3.8) is 0 Å². The molecule has 166 valence electrons. The zero-order valence-electron chi connectivity index (χ0n) is 18.9. The van der Waals surface area contributed by atoms with Crippen LogP contribution < -0.4 is 0 Å². The summed E-state index contributed by atoms with van der Waals surface area (Å²) < 4.78 is 2.05. The maximum atomic E-state index is 11.4. The molecular formula is C26H28ClN3O2. The Kier molecular flexibility index (Phi) is 5.95. The molecule has 1 N–H and O–H groups in total. The summed E-state index contributed by atoms with van der Waals surface area (Å²) in [6, 6.07) is 16.2. The first-order chi connectivity index (χ1) is 15.2. The molecule has 1 atom stereocenters. The van der Waals surface area contributed by atoms with E-state index in [0.29, 0.717) is 23.6 Å². The molecule has 1 aliphatic rings. The SMILES string of the molecule is CCc1ccccc1-n1nc2c(c1-c1ccc(Cl)cc1)CC(C(=NC(=O)O)C(C)(C)C)C2. The number of carboxylic acid groups (broad SMARTS) is 1. The van der Waals surface area contributed by atoms with Crippen LogP contribution in [-0.2, 0) is 19.3 Å². The van der Waals surface area contributed by atoms with Crippen LogP contribution >= 0.6 is 11.6 Å². The summed E-state index contributed by atoms with van der Waals surface area (Å²) in [5.41, 5.74) is 6.93. The number of para-hydroxylation sites is 1. The van der Waals surface area contributed by atoms with Crippen molar-refractivity contribution in [2.45, 2.75) is 47.0 Å². The summed E-state index contributed by atoms with van der Waals surface area (Å²) in [6.07, 6.45) is 1.16. The summed E-state index contributed by atoms with van der Waals surface area (Å²) in [4.78, 5) is 15.4. The van der Waals surface area contributed by atoms with Gasteiger partial charge < -0.3 is 5.11 Å². The van der Waals surface area contributed by atoms with Crippen molar-refractivity contribution in [3.8, 4) is 16.9 Å². The van der Waals surface area contributed by atoms with E-state index >= 15 is 0 Å². The van der Waals surface area contributed by atoms with Crippen LogP contribution in [0.1, 0.15) is 44.5 Å². The summed E-state index contributed by atoms with van der Waals surface area (Å²) in [5.74, 6) is 0.0192. The highest BCUT2D eigenvalue weighted by atomic mass is 35.5. The Morgan fingerprint density at radius 1 is 1.16 bits per heavy atom. The lowest BCUT2D eigenvalue weighted by Crippen LogP contribution is -2.30. The quantitative estimate of drug-likeness (QED) is 0.454. The van der Waals surface area contributed by atoms with E-state index < -0.39 is 6.09 Å². The number of aliphatic imine (C=N–C) groups is 1. The Morgan fingerprint density at radius 3 is 2.47 bits per heavy atom. The predicted octanol–water partition coefficient (Wildman–Crippen LogP) is 6.64. The van der Waals surface area contributed by atoms with E-state index in [4.69, 9.17) is 16.7 Å². The van der Waals surface area contributed by atoms with Crippen LogP contribution in [0.25, 0.3) is 16.9 Å². The van der Waals surface area contributed by atoms with Gasteiger partial charge in [0.2, 0.25) is 0 Å². The third-order valence-corrected chi connectivity index (χ3v) is 6.30. The van der Waals surface area contributed by atoms with E-state index in [0.717, 1.165) is 34.6 Å². The normalized spacial score (nSPS) is 16.3. The molecule has 1 unspecified atom stereocenters. The molecule has 0 bridgehead atoms. The molecule has 0 fully saturated rings. The lowest BCUT2D eigenvalue weighted by Gasteiger charge is -2.26. The maximum absolute atomic E-state index is 11.4. The van der Waals surface area contributed by atoms with Crippen LogP contribution in [0.15, 0.2) is 53.5 Å². The fourth-order valence-electron chi connectivity index (χ4n) is 4.69. The second-order valence-electron chi connectivity index (χ2n) is 9.31. The van der Waals surface area contributed by atoms with Crippen molar-refractivity contribution in [2.24, 2.45) is 16.3 Å². The Balaban J connectivity index is 1.86. The topological polar surface area (TPSA) is 67.5 Å². The smallest absolute Gasteiger partial charge is 0.431 e. The van der Waals surface area contributed by atoms with E-state index in [-0.39, 0.29) is 11.3 Å². The minimum absolute atomic E-state index is 0.0192. The molecule has 0 aliphatic heterocycles. The second kappa shape index (κ2) is 8.55. The fourth-order valence-corrected chi connectivity index (χ4v) is 4.81. The number of halogens is 1. The molecule has 6 heteroatoms. The minimum atomic E-state index is -1.14. The minimum Gasteiger partial charge on any atom is -0.463 e. The van der Waals surface area contributed by atoms with E-state index in [1.54, 1.807) is 0 Å². The van der Waals surface area contributed by atoms with Crippen LogP contribution in [-0.4, -0.2) is 26.7 Å². The molecule has 1 aromatic heterocycles. The number of nitrogens with zero attached hydrogens (tertiary/aromatic N) is 3. The third-order valence-electron chi connectivity index (χ3n) is 6.05. The number of aryl methyl sites for hydroxylation is 1. The third kappa shape index (κ3) is 4.22. The van der Waals surface area contributed by atoms with Crippen molar-refractivity contribution >= 4 is 23.4 Å². The lowest BCUT2D eigenvalue weighted by molar-refractivity contribution is 0.205. The molecule has 32 heavy (non-hydrogen) atoms. The van der Waals surface area contributed by atoms with Gasteiger partial charge >= 0.3 is 6.09 Å². The van der Waals surface area contributed by atoms with Gasteiger partial charge in [-0.2, -0.15) is 10.1 Å². The number of amides is 1. The van der Waals surface area contributed by atoms with E-state index in [1.807, 2.05) is 55.8 Å². The molecule has 0 spiro atoms. The zero-order valence-corrected chi connectivity index (χ0v) is 19.6. The van der Waals surface area contributed by atoms with Gasteiger partial charge in [0.15, 0.2) is 0 Å². The van der Waals surface area contributed by atoms with Crippen molar-refractivity contribution in [1.29, 1.82) is 0 Å². The Bertz CT molecular complexity index is 1190. The molecule has 0 saturated heterocycles. The average molecular weight is 450 g/mol. The van der Waals surface area contributed by atoms with Crippen molar-refractivity contribution in [2.75, 3.05) is 0 Å². The van der Waals surface area contributed by atoms with Gasteiger partial charge in [0, 0.05) is 39.6 Å². The number of benzene rings is 2. The molecular weight excluding hydrogens is 422 g/mol. The molecule has 1 amide bonds. The van der Waals surface area contributed by atoms with Gasteiger partial charge in [-0.15, -0.1) is 0 Å². The zero-order chi connectivity index (χ0) is 23.0. The predicted molar refractivity (Wildman–Crippen MR) is 129 cm³/mol. The molecule has 1 heterocycles. The van der Waals surface area contributed by atoms with Gasteiger partial charge in [-0.05, 0) is 36.6 Å². The molecule has 2 aromatic carbocycles. The molecule has 5 nitrogen and oxygen atoms in total. The van der Waals surface area contributed by atoms with Crippen LogP contribution in [0.2, 0.25) is 5.02 Å². The molecule has 0 radical (unpaired) electrons. The number of carbonyl (C=O) groups is 1. The van der Waals surface area contributed by atoms with Crippen molar-refractivity contribution in [1.82, 2.24) is 9.78 Å². The maximum Gasteiger partial charge on any atom is 0.431 e. The first-order valence-electron chi connectivity index (χ1n) is 11.0. The number of rotatable bonds is 4. The average Bonchev–Trinajstić information content (AvgIpc) is 3.29. The van der Waals surface area contributed by atoms with Gasteiger partial charge in [-0.3, -0.25) is 0 Å². The van der Waals surface area contributed by atoms with Gasteiger partial charge in [0.05, 0.1) is 17.1 Å². The lowest BCUT2D eigenvalue weighted by atomic mass is 9.80. The Hall–Kier alpha value is -2.92. The molecule has 0 saturated carbocycles. The fraction of sp³-hybridized carbons (Fsp3) is 0.346. The van der Waals surface area contributed by atoms with Gasteiger partial charge in [0.1, 0.15) is 0 Å². The summed E-state index contributed by atoms with van der Waals surface area (Å²) in [7, 11) is 0. The number of aromatic nitrogens is 2. The highest BCUT2D eigenvalue weighted by Crippen LogP contribution is 2.40. The molecule has 4 rings (SSSR count). The van der Waals surface area contributed by atoms with Gasteiger partial charge in [-0.25, -0.2) is 9.48 Å². The first kappa shape index (κ1) is 22.3. The monoisotopic (exact) mass is 449 g/mol. The van der Waals surface area contributed by atoms with E-state index in [9.17, 15) is 9.90 Å². The molecule has 1 aliphatic carbocycles. The summed E-state index contributed by atoms with van der Waals surface area (Å²) >= 11 is 6.16. The van der Waals surface area contributed by atoms with Crippen LogP contribution in [0.4, 0.5) is 4.79 Å². The van der Waals surface area contributed by atoms with Crippen LogP contribution in [0.3, 0.4) is 0 Å². The number of hydrogen-bond acceptors (Lipinski definition) is 2. The number of hydrogen-bond donors (Lipinski definition) is 1. The Labute approximate surface area is 193 Å². The molecule has 3 aromatic rings. The Morgan fingerprint density at radius 2 is 1.84 bits per heavy atom. The summed E-state index contributed by atoms with van der Waals surface area (Å²) in [5, 5.41) is 15.1. The second-order valence-corrected chi connectivity index (χ2v) is 9.75. The van der Waals surface area contributed by atoms with Crippen molar-refractivity contribution in [3.05, 3.63) is 70.4 Å². The van der Waals surface area contributed by atoms with E-state index in [1.165, 1.54) is 5.56 Å². The standard InChI is InChI=1S/C26H28ClN3O2/c1-5-16-8-6-7-9-22(16)30-23(17-10-12-19(27)13-11-17)20-14-18(15-21(20)29-30)24(26(2,3)4)28-25(31)32/h6-13,18H,5,14-15H2,1-4H3,(H,31,32). The summed E-state index contributed by atoms with van der Waals surface area (Å²) in [6.45, 7) is 8.20. The van der Waals surface area contributed by atoms with Crippen LogP contribution in [0, 0.1) is 11.3 Å². The largest absolute Gasteiger partial charge is 0.463 e. The van der Waals surface area contributed by atoms with E-state index in [2.05, 4.69) is 30.1 Å². The first-order valence-corrected chi connectivity index (χ1v) is 11.3. The number of fused-ring (bicyclic) bond motifs is 1. The van der Waals surface area contributed by atoms with Gasteiger partial charge in [-0.1, -0.05) is 69.6 Å². The van der Waals surface area contributed by atoms with Gasteiger partial charge in [0.25, 0.3) is 0 Å².